The third-order valence-electron chi connectivity index (χ3n) is 3.45. The smallest absolute Gasteiger partial charge is 0.264 e. The predicted octanol–water partition coefficient (Wildman–Crippen LogP) is 1.14. The molecule has 0 radical (unpaired) electrons. The van der Waals surface area contributed by atoms with Gasteiger partial charge in [-0.25, -0.2) is 8.42 Å². The first-order valence-electron chi connectivity index (χ1n) is 7.24. The number of sulfonamides is 1. The first-order chi connectivity index (χ1) is 11.5. The fraction of sp³-hybridized carbons (Fsp3) is 0.188. The molecule has 2 aromatic rings. The van der Waals surface area contributed by atoms with E-state index in [2.05, 4.69) is 0 Å². The van der Waals surface area contributed by atoms with Crippen molar-refractivity contribution < 1.29 is 22.7 Å². The maximum atomic E-state index is 13.0. The lowest BCUT2D eigenvalue weighted by molar-refractivity contribution is -0.116. The van der Waals surface area contributed by atoms with Gasteiger partial charge >= 0.3 is 0 Å². The highest BCUT2D eigenvalue weighted by molar-refractivity contribution is 7.92. The number of benzene rings is 2. The van der Waals surface area contributed by atoms with E-state index in [9.17, 15) is 13.2 Å². The molecule has 126 valence electrons. The molecule has 0 saturated heterocycles. The number of amides is 1. The van der Waals surface area contributed by atoms with Crippen LogP contribution in [0.5, 0.6) is 11.5 Å². The minimum atomic E-state index is -3.99. The number of fused-ring (bicyclic) bond motifs is 1. The highest BCUT2D eigenvalue weighted by atomic mass is 32.2. The molecule has 24 heavy (non-hydrogen) atoms. The molecule has 0 unspecified atom stereocenters. The third-order valence-corrected chi connectivity index (χ3v) is 5.22. The molecule has 3 rings (SSSR count). The average Bonchev–Trinajstić information content (AvgIpc) is 2.59. The molecule has 1 aliphatic rings. The Balaban J connectivity index is 2.04. The lowest BCUT2D eigenvalue weighted by Crippen LogP contribution is -2.38. The monoisotopic (exact) mass is 348 g/mol. The second-order valence-electron chi connectivity index (χ2n) is 5.12. The van der Waals surface area contributed by atoms with Gasteiger partial charge in [-0.15, -0.1) is 0 Å². The van der Waals surface area contributed by atoms with E-state index in [4.69, 9.17) is 15.2 Å². The number of carbonyl (C=O) groups is 1. The summed E-state index contributed by atoms with van der Waals surface area (Å²) >= 11 is 0. The van der Waals surface area contributed by atoms with E-state index in [-0.39, 0.29) is 4.90 Å². The van der Waals surface area contributed by atoms with Gasteiger partial charge in [0.05, 0.1) is 10.6 Å². The Hall–Kier alpha value is -2.74. The van der Waals surface area contributed by atoms with Crippen molar-refractivity contribution in [1.29, 1.82) is 0 Å². The number of anilines is 1. The number of rotatable bonds is 5. The highest BCUT2D eigenvalue weighted by Gasteiger charge is 2.28. The molecule has 0 atom stereocenters. The molecule has 0 spiro atoms. The van der Waals surface area contributed by atoms with Gasteiger partial charge in [0.2, 0.25) is 5.91 Å². The molecule has 0 bridgehead atoms. The van der Waals surface area contributed by atoms with Crippen LogP contribution in [0.2, 0.25) is 0 Å². The molecule has 7 nitrogen and oxygen atoms in total. The van der Waals surface area contributed by atoms with Crippen molar-refractivity contribution in [2.75, 3.05) is 24.1 Å². The van der Waals surface area contributed by atoms with Crippen LogP contribution in [0.25, 0.3) is 0 Å². The summed E-state index contributed by atoms with van der Waals surface area (Å²) in [6.45, 7) is 0.303. The van der Waals surface area contributed by atoms with Crippen LogP contribution in [0.1, 0.15) is 0 Å². The van der Waals surface area contributed by atoms with Gasteiger partial charge in [0.1, 0.15) is 19.8 Å². The first kappa shape index (κ1) is 16.1. The number of carbonyl (C=O) groups excluding carboxylic acids is 1. The highest BCUT2D eigenvalue weighted by Crippen LogP contribution is 2.34. The Kier molecular flexibility index (Phi) is 4.30. The van der Waals surface area contributed by atoms with Gasteiger partial charge in [0.15, 0.2) is 11.5 Å². The number of ether oxygens (including phenoxy) is 2. The molecule has 8 heteroatoms. The lowest BCUT2D eigenvalue weighted by atomic mass is 10.3. The van der Waals surface area contributed by atoms with Crippen LogP contribution < -0.4 is 19.5 Å². The Morgan fingerprint density at radius 2 is 1.71 bits per heavy atom. The zero-order chi connectivity index (χ0) is 17.2. The summed E-state index contributed by atoms with van der Waals surface area (Å²) in [4.78, 5) is 11.4. The fourth-order valence-corrected chi connectivity index (χ4v) is 3.81. The van der Waals surface area contributed by atoms with Gasteiger partial charge in [-0.3, -0.25) is 9.10 Å². The number of hydrogen-bond acceptors (Lipinski definition) is 5. The number of primary amides is 1. The Morgan fingerprint density at radius 1 is 1.04 bits per heavy atom. The van der Waals surface area contributed by atoms with E-state index in [0.29, 0.717) is 30.4 Å². The molecule has 1 amide bonds. The summed E-state index contributed by atoms with van der Waals surface area (Å²) in [6, 6.07) is 12.7. The molecule has 1 heterocycles. The van der Waals surface area contributed by atoms with Crippen LogP contribution in [0.4, 0.5) is 5.69 Å². The zero-order valence-corrected chi connectivity index (χ0v) is 13.5. The van der Waals surface area contributed by atoms with Gasteiger partial charge < -0.3 is 15.2 Å². The molecule has 0 fully saturated rings. The zero-order valence-electron chi connectivity index (χ0n) is 12.7. The molecule has 2 N–H and O–H groups in total. The number of nitrogens with zero attached hydrogens (tertiary/aromatic N) is 1. The SMILES string of the molecule is NC(=O)CN(c1ccccc1)S(=O)(=O)c1ccc2c(c1)OCCO2. The largest absolute Gasteiger partial charge is 0.486 e. The molecule has 0 aromatic heterocycles. The van der Waals surface area contributed by atoms with Crippen molar-refractivity contribution in [3.05, 3.63) is 48.5 Å². The van der Waals surface area contributed by atoms with E-state index < -0.39 is 22.5 Å². The maximum absolute atomic E-state index is 13.0. The van der Waals surface area contributed by atoms with Crippen molar-refractivity contribution in [3.63, 3.8) is 0 Å². The average molecular weight is 348 g/mol. The predicted molar refractivity (Wildman–Crippen MR) is 87.6 cm³/mol. The summed E-state index contributed by atoms with van der Waals surface area (Å²) in [5.74, 6) is 0.0933. The van der Waals surface area contributed by atoms with Gasteiger partial charge in [-0.05, 0) is 24.3 Å². The van der Waals surface area contributed by atoms with E-state index in [1.54, 1.807) is 30.3 Å². The van der Waals surface area contributed by atoms with Gasteiger partial charge in [-0.2, -0.15) is 0 Å². The van der Waals surface area contributed by atoms with Crippen molar-refractivity contribution >= 4 is 21.6 Å². The van der Waals surface area contributed by atoms with Crippen LogP contribution >= 0.6 is 0 Å². The van der Waals surface area contributed by atoms with Crippen molar-refractivity contribution in [2.24, 2.45) is 5.73 Å². The molecule has 2 aromatic carbocycles. The van der Waals surface area contributed by atoms with E-state index >= 15 is 0 Å². The molecule has 0 saturated carbocycles. The Bertz CT molecular complexity index is 852. The quantitative estimate of drug-likeness (QED) is 0.873. The van der Waals surface area contributed by atoms with Gasteiger partial charge in [-0.1, -0.05) is 18.2 Å². The Labute approximate surface area is 139 Å². The Morgan fingerprint density at radius 3 is 2.38 bits per heavy atom. The minimum absolute atomic E-state index is 0.00291. The first-order valence-corrected chi connectivity index (χ1v) is 8.68. The second kappa shape index (κ2) is 6.40. The molecular formula is C16H16N2O5S. The van der Waals surface area contributed by atoms with E-state index in [0.717, 1.165) is 4.31 Å². The van der Waals surface area contributed by atoms with Crippen LogP contribution in [0.3, 0.4) is 0 Å². The molecular weight excluding hydrogens is 332 g/mol. The standard InChI is InChI=1S/C16H16N2O5S/c17-16(19)11-18(12-4-2-1-3-5-12)24(20,21)13-6-7-14-15(10-13)23-9-8-22-14/h1-7,10H,8-9,11H2,(H2,17,19). The van der Waals surface area contributed by atoms with Crippen molar-refractivity contribution in [2.45, 2.75) is 4.90 Å². The van der Waals surface area contributed by atoms with Crippen LogP contribution in [-0.4, -0.2) is 34.1 Å². The third kappa shape index (κ3) is 3.13. The minimum Gasteiger partial charge on any atom is -0.486 e. The molecule has 1 aliphatic heterocycles. The van der Waals surface area contributed by atoms with E-state index in [1.807, 2.05) is 0 Å². The fourth-order valence-electron chi connectivity index (χ4n) is 2.36. The number of para-hydroxylation sites is 1. The summed E-state index contributed by atoms with van der Waals surface area (Å²) in [5.41, 5.74) is 5.58. The number of hydrogen-bond donors (Lipinski definition) is 1. The lowest BCUT2D eigenvalue weighted by Gasteiger charge is -2.24. The van der Waals surface area contributed by atoms with Crippen LogP contribution in [-0.2, 0) is 14.8 Å². The normalized spacial score (nSPS) is 13.3. The maximum Gasteiger partial charge on any atom is 0.264 e. The van der Waals surface area contributed by atoms with Gasteiger partial charge in [0, 0.05) is 6.07 Å². The summed E-state index contributed by atoms with van der Waals surface area (Å²) in [6.07, 6.45) is 0. The summed E-state index contributed by atoms with van der Waals surface area (Å²) in [7, 11) is -3.99. The number of nitrogens with two attached hydrogens (primary N) is 1. The second-order valence-corrected chi connectivity index (χ2v) is 6.98. The van der Waals surface area contributed by atoms with Crippen molar-refractivity contribution in [1.82, 2.24) is 0 Å². The summed E-state index contributed by atoms with van der Waals surface area (Å²) < 4.78 is 37.7. The van der Waals surface area contributed by atoms with Crippen molar-refractivity contribution in [3.8, 4) is 11.5 Å². The van der Waals surface area contributed by atoms with Crippen LogP contribution in [0, 0.1) is 0 Å². The molecule has 0 aliphatic carbocycles. The summed E-state index contributed by atoms with van der Waals surface area (Å²) in [5, 5.41) is 0. The van der Waals surface area contributed by atoms with Gasteiger partial charge in [0.25, 0.3) is 10.0 Å². The van der Waals surface area contributed by atoms with E-state index in [1.165, 1.54) is 18.2 Å². The topological polar surface area (TPSA) is 98.9 Å². The van der Waals surface area contributed by atoms with Crippen LogP contribution in [0.15, 0.2) is 53.4 Å².